The summed E-state index contributed by atoms with van der Waals surface area (Å²) in [6, 6.07) is 16.3. The molecule has 0 radical (unpaired) electrons. The lowest BCUT2D eigenvalue weighted by atomic mass is 10.1. The molecule has 1 aliphatic heterocycles. The Kier molecular flexibility index (Phi) is 6.14. The maximum absolute atomic E-state index is 13.1. The van der Waals surface area contributed by atoms with Gasteiger partial charge in [-0.1, -0.05) is 42.5 Å². The Labute approximate surface area is 174 Å². The fourth-order valence-electron chi connectivity index (χ4n) is 3.47. The Morgan fingerprint density at radius 2 is 1.76 bits per heavy atom. The molecule has 0 bridgehead atoms. The number of carbonyl (C=O) groups excluding carboxylic acids is 1. The second kappa shape index (κ2) is 9.13. The first kappa shape index (κ1) is 19.5. The number of hydrogen-bond donors (Lipinski definition) is 0. The first-order valence-electron chi connectivity index (χ1n) is 9.81. The molecule has 0 saturated carbocycles. The summed E-state index contributed by atoms with van der Waals surface area (Å²) in [5.41, 5.74) is 2.04. The summed E-state index contributed by atoms with van der Waals surface area (Å²) in [6.07, 6.45) is 1.95. The molecule has 2 heterocycles. The van der Waals surface area contributed by atoms with Crippen LogP contribution < -0.4 is 4.90 Å². The number of aromatic nitrogens is 2. The molecule has 2 aromatic carbocycles. The van der Waals surface area contributed by atoms with Gasteiger partial charge in [-0.2, -0.15) is 4.37 Å². The number of carbonyl (C=O) groups is 1. The van der Waals surface area contributed by atoms with Crippen LogP contribution in [-0.2, 0) is 17.6 Å². The van der Waals surface area contributed by atoms with E-state index in [2.05, 4.69) is 14.3 Å². The van der Waals surface area contributed by atoms with E-state index in [-0.39, 0.29) is 11.7 Å². The molecule has 1 saturated heterocycles. The Morgan fingerprint density at radius 1 is 0.966 bits per heavy atom. The summed E-state index contributed by atoms with van der Waals surface area (Å²) < 4.78 is 17.5. The number of rotatable bonds is 5. The zero-order chi connectivity index (χ0) is 20.1. The number of anilines is 1. The van der Waals surface area contributed by atoms with E-state index < -0.39 is 0 Å². The van der Waals surface area contributed by atoms with Crippen molar-refractivity contribution in [3.05, 3.63) is 77.4 Å². The molecule has 0 N–H and O–H groups in total. The van der Waals surface area contributed by atoms with Gasteiger partial charge in [-0.3, -0.25) is 4.79 Å². The predicted octanol–water partition coefficient (Wildman–Crippen LogP) is 3.55. The third kappa shape index (κ3) is 5.17. The Morgan fingerprint density at radius 3 is 2.55 bits per heavy atom. The number of nitrogens with zero attached hydrogens (tertiary/aromatic N) is 4. The molecular weight excluding hydrogens is 387 g/mol. The molecule has 1 amide bonds. The lowest BCUT2D eigenvalue weighted by molar-refractivity contribution is -0.130. The van der Waals surface area contributed by atoms with Crippen molar-refractivity contribution in [3.8, 4) is 0 Å². The lowest BCUT2D eigenvalue weighted by Crippen LogP contribution is -2.36. The van der Waals surface area contributed by atoms with E-state index in [1.54, 1.807) is 12.1 Å². The molecule has 7 heteroatoms. The molecular formula is C22H23FN4OS. The van der Waals surface area contributed by atoms with Crippen LogP contribution in [0.4, 0.5) is 9.52 Å². The van der Waals surface area contributed by atoms with Crippen molar-refractivity contribution in [1.82, 2.24) is 14.3 Å². The first-order valence-corrected chi connectivity index (χ1v) is 10.6. The molecule has 4 rings (SSSR count). The van der Waals surface area contributed by atoms with Crippen LogP contribution in [0.5, 0.6) is 0 Å². The summed E-state index contributed by atoms with van der Waals surface area (Å²) >= 11 is 1.39. The molecule has 0 aliphatic carbocycles. The van der Waals surface area contributed by atoms with E-state index in [0.717, 1.165) is 48.1 Å². The Balaban J connectivity index is 1.34. The predicted molar refractivity (Wildman–Crippen MR) is 113 cm³/mol. The van der Waals surface area contributed by atoms with Gasteiger partial charge in [-0.15, -0.1) is 0 Å². The summed E-state index contributed by atoms with van der Waals surface area (Å²) in [7, 11) is 0. The van der Waals surface area contributed by atoms with Crippen LogP contribution >= 0.6 is 11.5 Å². The number of halogens is 1. The third-order valence-electron chi connectivity index (χ3n) is 5.05. The van der Waals surface area contributed by atoms with Crippen molar-refractivity contribution in [3.63, 3.8) is 0 Å². The monoisotopic (exact) mass is 410 g/mol. The van der Waals surface area contributed by atoms with E-state index in [0.29, 0.717) is 19.4 Å². The van der Waals surface area contributed by atoms with Crippen LogP contribution in [0.1, 0.15) is 23.4 Å². The lowest BCUT2D eigenvalue weighted by Gasteiger charge is -2.21. The number of benzene rings is 2. The SMILES string of the molecule is O=C(Cc1ccccc1)N1CCCN(c2nc(Cc3ccc(F)cc3)ns2)CC1. The normalized spacial score (nSPS) is 14.7. The van der Waals surface area contributed by atoms with Crippen molar-refractivity contribution in [2.45, 2.75) is 19.3 Å². The maximum Gasteiger partial charge on any atom is 0.227 e. The van der Waals surface area contributed by atoms with Crippen LogP contribution in [0.15, 0.2) is 54.6 Å². The molecule has 1 aliphatic rings. The highest BCUT2D eigenvalue weighted by molar-refractivity contribution is 7.09. The minimum Gasteiger partial charge on any atom is -0.345 e. The standard InChI is InChI=1S/C22H23FN4OS/c23-19-9-7-18(8-10-19)15-20-24-22(29-25-20)27-12-4-11-26(13-14-27)21(28)16-17-5-2-1-3-6-17/h1-3,5-10H,4,11-16H2. The fraction of sp³-hybridized carbons (Fsp3) is 0.318. The van der Waals surface area contributed by atoms with E-state index in [1.165, 1.54) is 23.7 Å². The molecule has 150 valence electrons. The van der Waals surface area contributed by atoms with Crippen LogP contribution in [0.3, 0.4) is 0 Å². The molecule has 1 aromatic heterocycles. The third-order valence-corrected chi connectivity index (χ3v) is 5.86. The average molecular weight is 411 g/mol. The van der Waals surface area contributed by atoms with Crippen molar-refractivity contribution >= 4 is 22.6 Å². The molecule has 0 unspecified atom stereocenters. The highest BCUT2D eigenvalue weighted by Crippen LogP contribution is 2.21. The van der Waals surface area contributed by atoms with Gasteiger partial charge in [0.15, 0.2) is 0 Å². The highest BCUT2D eigenvalue weighted by atomic mass is 32.1. The van der Waals surface area contributed by atoms with Crippen LogP contribution in [0.2, 0.25) is 0 Å². The quantitative estimate of drug-likeness (QED) is 0.646. The molecule has 0 atom stereocenters. The van der Waals surface area contributed by atoms with Crippen LogP contribution in [0.25, 0.3) is 0 Å². The molecule has 3 aromatic rings. The van der Waals surface area contributed by atoms with E-state index in [9.17, 15) is 9.18 Å². The Hall–Kier alpha value is -2.80. The number of hydrogen-bond acceptors (Lipinski definition) is 5. The van der Waals surface area contributed by atoms with Gasteiger partial charge in [-0.05, 0) is 29.7 Å². The maximum atomic E-state index is 13.1. The smallest absolute Gasteiger partial charge is 0.227 e. The van der Waals surface area contributed by atoms with Crippen LogP contribution in [0, 0.1) is 5.82 Å². The van der Waals surface area contributed by atoms with Crippen molar-refractivity contribution < 1.29 is 9.18 Å². The van der Waals surface area contributed by atoms with Gasteiger partial charge in [0, 0.05) is 44.1 Å². The first-order chi connectivity index (χ1) is 14.2. The minimum absolute atomic E-state index is 0.173. The molecule has 0 spiro atoms. The summed E-state index contributed by atoms with van der Waals surface area (Å²) in [4.78, 5) is 21.5. The topological polar surface area (TPSA) is 49.3 Å². The van der Waals surface area contributed by atoms with E-state index in [1.807, 2.05) is 35.2 Å². The minimum atomic E-state index is -0.239. The van der Waals surface area contributed by atoms with Gasteiger partial charge >= 0.3 is 0 Å². The van der Waals surface area contributed by atoms with Gasteiger partial charge < -0.3 is 9.80 Å². The van der Waals surface area contributed by atoms with Gasteiger partial charge in [0.1, 0.15) is 11.6 Å². The van der Waals surface area contributed by atoms with Gasteiger partial charge in [-0.25, -0.2) is 9.37 Å². The van der Waals surface area contributed by atoms with Gasteiger partial charge in [0.2, 0.25) is 11.0 Å². The Bertz CT molecular complexity index is 945. The second-order valence-corrected chi connectivity index (χ2v) is 7.91. The molecule has 1 fully saturated rings. The van der Waals surface area contributed by atoms with Crippen molar-refractivity contribution in [1.29, 1.82) is 0 Å². The van der Waals surface area contributed by atoms with E-state index in [4.69, 9.17) is 0 Å². The summed E-state index contributed by atoms with van der Waals surface area (Å²) in [5.74, 6) is 0.682. The molecule has 5 nitrogen and oxygen atoms in total. The average Bonchev–Trinajstić information content (AvgIpc) is 3.05. The zero-order valence-corrected chi connectivity index (χ0v) is 16.9. The summed E-state index contributed by atoms with van der Waals surface area (Å²) in [5, 5.41) is 0.888. The molecule has 29 heavy (non-hydrogen) atoms. The van der Waals surface area contributed by atoms with Gasteiger partial charge in [0.25, 0.3) is 0 Å². The van der Waals surface area contributed by atoms with E-state index >= 15 is 0 Å². The van der Waals surface area contributed by atoms with Crippen molar-refractivity contribution in [2.75, 3.05) is 31.1 Å². The van der Waals surface area contributed by atoms with Crippen LogP contribution in [-0.4, -0.2) is 46.3 Å². The fourth-order valence-corrected chi connectivity index (χ4v) is 4.21. The van der Waals surface area contributed by atoms with Crippen molar-refractivity contribution in [2.24, 2.45) is 0 Å². The second-order valence-electron chi connectivity index (χ2n) is 7.18. The summed E-state index contributed by atoms with van der Waals surface area (Å²) in [6.45, 7) is 3.08. The largest absolute Gasteiger partial charge is 0.345 e. The number of amides is 1. The van der Waals surface area contributed by atoms with Gasteiger partial charge in [0.05, 0.1) is 6.42 Å². The highest BCUT2D eigenvalue weighted by Gasteiger charge is 2.21. The zero-order valence-electron chi connectivity index (χ0n) is 16.1.